The Morgan fingerprint density at radius 2 is 0.609 bits per heavy atom. The molecule has 6 nitrogen and oxygen atoms in total. The van der Waals surface area contributed by atoms with Crippen LogP contribution in [0.5, 0.6) is 0 Å². The van der Waals surface area contributed by atoms with Gasteiger partial charge in [-0.05, 0) is 83.5 Å². The van der Waals surface area contributed by atoms with E-state index in [0.29, 0.717) is 19.3 Å². The fourth-order valence-electron chi connectivity index (χ4n) is 7.66. The number of hydrogen-bond acceptors (Lipinski definition) is 6. The number of ether oxygens (including phenoxy) is 3. The molecule has 0 saturated carbocycles. The van der Waals surface area contributed by atoms with Crippen molar-refractivity contribution >= 4 is 17.9 Å². The summed E-state index contributed by atoms with van der Waals surface area (Å²) in [6, 6.07) is 0. The van der Waals surface area contributed by atoms with E-state index in [-0.39, 0.29) is 37.5 Å². The Balaban J connectivity index is 4.33. The maximum absolute atomic E-state index is 12.8. The molecule has 1 unspecified atom stereocenters. The van der Waals surface area contributed by atoms with E-state index in [2.05, 4.69) is 81.5 Å². The molecule has 0 aromatic rings. The van der Waals surface area contributed by atoms with E-state index < -0.39 is 6.10 Å². The van der Waals surface area contributed by atoms with Crippen molar-refractivity contribution in [3.05, 3.63) is 60.8 Å². The lowest BCUT2D eigenvalue weighted by Crippen LogP contribution is -2.30. The molecule has 0 N–H and O–H groups in total. The van der Waals surface area contributed by atoms with Gasteiger partial charge in [0.2, 0.25) is 0 Å². The molecule has 0 aliphatic heterocycles. The molecule has 0 heterocycles. The van der Waals surface area contributed by atoms with E-state index in [9.17, 15) is 14.4 Å². The van der Waals surface area contributed by atoms with Gasteiger partial charge < -0.3 is 14.2 Å². The molecule has 0 aromatic carbocycles. The largest absolute Gasteiger partial charge is 0.462 e. The van der Waals surface area contributed by atoms with Gasteiger partial charge in [-0.2, -0.15) is 0 Å². The summed E-state index contributed by atoms with van der Waals surface area (Å²) < 4.78 is 16.8. The summed E-state index contributed by atoms with van der Waals surface area (Å²) in [7, 11) is 0. The van der Waals surface area contributed by atoms with E-state index >= 15 is 0 Å². The molecule has 0 aliphatic rings. The van der Waals surface area contributed by atoms with Gasteiger partial charge in [0.25, 0.3) is 0 Å². The van der Waals surface area contributed by atoms with Crippen LogP contribution in [-0.4, -0.2) is 37.2 Å². The molecule has 6 heteroatoms. The maximum Gasteiger partial charge on any atom is 0.306 e. The summed E-state index contributed by atoms with van der Waals surface area (Å²) in [5.41, 5.74) is 0. The summed E-state index contributed by atoms with van der Waals surface area (Å²) in [5, 5.41) is 0. The summed E-state index contributed by atoms with van der Waals surface area (Å²) >= 11 is 0. The van der Waals surface area contributed by atoms with Crippen molar-refractivity contribution in [3.63, 3.8) is 0 Å². The number of carbonyl (C=O) groups is 3. The predicted molar refractivity (Wildman–Crippen MR) is 275 cm³/mol. The molecule has 0 fully saturated rings. The van der Waals surface area contributed by atoms with E-state index in [1.54, 1.807) is 0 Å². The molecular weight excluding hydrogens is 793 g/mol. The molecule has 0 aromatic heterocycles. The third-order valence-corrected chi connectivity index (χ3v) is 11.8. The van der Waals surface area contributed by atoms with Crippen LogP contribution in [0.15, 0.2) is 60.8 Å². The van der Waals surface area contributed by atoms with E-state index in [4.69, 9.17) is 14.2 Å². The molecule has 64 heavy (non-hydrogen) atoms. The first kappa shape index (κ1) is 61.1. The summed E-state index contributed by atoms with van der Waals surface area (Å²) in [6.45, 7) is 6.49. The lowest BCUT2D eigenvalue weighted by Gasteiger charge is -2.18. The van der Waals surface area contributed by atoms with Crippen LogP contribution in [0.1, 0.15) is 271 Å². The van der Waals surface area contributed by atoms with Gasteiger partial charge >= 0.3 is 17.9 Å². The zero-order chi connectivity index (χ0) is 46.5. The van der Waals surface area contributed by atoms with Gasteiger partial charge in [-0.15, -0.1) is 0 Å². The highest BCUT2D eigenvalue weighted by Crippen LogP contribution is 2.15. The summed E-state index contributed by atoms with van der Waals surface area (Å²) in [4.78, 5) is 38.0. The molecule has 0 amide bonds. The molecule has 0 bridgehead atoms. The quantitative estimate of drug-likeness (QED) is 0.0262. The summed E-state index contributed by atoms with van der Waals surface area (Å²) in [6.07, 6.45) is 65.0. The molecule has 0 aliphatic carbocycles. The Kier molecular flexibility index (Phi) is 50.4. The lowest BCUT2D eigenvalue weighted by molar-refractivity contribution is -0.167. The minimum Gasteiger partial charge on any atom is -0.462 e. The average Bonchev–Trinajstić information content (AvgIpc) is 3.29. The van der Waals surface area contributed by atoms with Crippen LogP contribution in [-0.2, 0) is 28.6 Å². The number of allylic oxidation sites excluding steroid dienone is 10. The zero-order valence-electron chi connectivity index (χ0n) is 42.3. The van der Waals surface area contributed by atoms with Crippen LogP contribution >= 0.6 is 0 Å². The van der Waals surface area contributed by atoms with E-state index in [0.717, 1.165) is 77.0 Å². The van der Waals surface area contributed by atoms with Crippen molar-refractivity contribution in [1.29, 1.82) is 0 Å². The molecule has 0 saturated heterocycles. The monoisotopic (exact) mass is 895 g/mol. The van der Waals surface area contributed by atoms with Gasteiger partial charge in [0, 0.05) is 19.3 Å². The lowest BCUT2D eigenvalue weighted by atomic mass is 10.1. The Morgan fingerprint density at radius 3 is 1.00 bits per heavy atom. The van der Waals surface area contributed by atoms with Crippen LogP contribution < -0.4 is 0 Å². The van der Waals surface area contributed by atoms with Crippen molar-refractivity contribution in [2.24, 2.45) is 0 Å². The number of unbranched alkanes of at least 4 members (excludes halogenated alkanes) is 28. The van der Waals surface area contributed by atoms with E-state index in [1.807, 2.05) is 0 Å². The van der Waals surface area contributed by atoms with Crippen molar-refractivity contribution in [2.45, 2.75) is 277 Å². The Bertz CT molecular complexity index is 1170. The third kappa shape index (κ3) is 50.1. The molecule has 370 valence electrons. The van der Waals surface area contributed by atoms with Crippen molar-refractivity contribution in [2.75, 3.05) is 13.2 Å². The molecule has 0 rings (SSSR count). The molecule has 0 radical (unpaired) electrons. The van der Waals surface area contributed by atoms with Crippen LogP contribution in [0.3, 0.4) is 0 Å². The Morgan fingerprint density at radius 1 is 0.328 bits per heavy atom. The van der Waals surface area contributed by atoms with Gasteiger partial charge in [0.05, 0.1) is 0 Å². The van der Waals surface area contributed by atoms with Crippen molar-refractivity contribution in [1.82, 2.24) is 0 Å². The SMILES string of the molecule is CC/C=C\C/C=C\C/C=C\C/C=C\CCCCC(=O)OC(COC(=O)CCCCCCCCCCCC)COC(=O)CCCCCCCCCCC/C=C\CCCCCCCCCC. The first-order valence-corrected chi connectivity index (χ1v) is 27.3. The van der Waals surface area contributed by atoms with Crippen molar-refractivity contribution in [3.8, 4) is 0 Å². The fourth-order valence-corrected chi connectivity index (χ4v) is 7.66. The van der Waals surface area contributed by atoms with E-state index in [1.165, 1.54) is 148 Å². The minimum absolute atomic E-state index is 0.0897. The highest BCUT2D eigenvalue weighted by atomic mass is 16.6. The van der Waals surface area contributed by atoms with Gasteiger partial charge in [-0.3, -0.25) is 14.4 Å². The van der Waals surface area contributed by atoms with Gasteiger partial charge in [0.15, 0.2) is 6.10 Å². The van der Waals surface area contributed by atoms with Crippen LogP contribution in [0.2, 0.25) is 0 Å². The normalized spacial score (nSPS) is 12.5. The van der Waals surface area contributed by atoms with Crippen LogP contribution in [0.4, 0.5) is 0 Å². The number of esters is 3. The molecular formula is C58H102O6. The standard InChI is InChI=1S/C58H102O6/c1-4-7-10-13-16-19-22-24-26-27-28-29-30-31-33-34-36-39-42-45-48-51-57(60)63-54-55(53-62-56(59)50-47-44-41-38-21-18-15-12-9-6-3)64-58(61)52-49-46-43-40-37-35-32-25-23-20-17-14-11-8-5-2/h8,11,17,20,25,27-28,32,37,40,55H,4-7,9-10,12-16,18-19,21-24,26,29-31,33-36,38-39,41-54H2,1-3H3/b11-8-,20-17-,28-27-,32-25-,40-37-. The topological polar surface area (TPSA) is 78.9 Å². The molecule has 1 atom stereocenters. The first-order chi connectivity index (χ1) is 31.5. The summed E-state index contributed by atoms with van der Waals surface area (Å²) in [5.74, 6) is -0.928. The third-order valence-electron chi connectivity index (χ3n) is 11.8. The highest BCUT2D eigenvalue weighted by molar-refractivity contribution is 5.71. The Hall–Kier alpha value is -2.89. The number of carbonyl (C=O) groups excluding carboxylic acids is 3. The number of hydrogen-bond donors (Lipinski definition) is 0. The second-order valence-corrected chi connectivity index (χ2v) is 18.1. The smallest absolute Gasteiger partial charge is 0.306 e. The van der Waals surface area contributed by atoms with Crippen LogP contribution in [0.25, 0.3) is 0 Å². The fraction of sp³-hybridized carbons (Fsp3) is 0.776. The van der Waals surface area contributed by atoms with Crippen molar-refractivity contribution < 1.29 is 28.6 Å². The minimum atomic E-state index is -0.793. The highest BCUT2D eigenvalue weighted by Gasteiger charge is 2.19. The predicted octanol–water partition coefficient (Wildman–Crippen LogP) is 18.0. The van der Waals surface area contributed by atoms with Gasteiger partial charge in [-0.1, -0.05) is 229 Å². The van der Waals surface area contributed by atoms with Crippen LogP contribution in [0, 0.1) is 0 Å². The second-order valence-electron chi connectivity index (χ2n) is 18.1. The van der Waals surface area contributed by atoms with Gasteiger partial charge in [-0.25, -0.2) is 0 Å². The van der Waals surface area contributed by atoms with Gasteiger partial charge in [0.1, 0.15) is 13.2 Å². The maximum atomic E-state index is 12.8. The number of rotatable bonds is 49. The zero-order valence-corrected chi connectivity index (χ0v) is 42.3. The Labute approximate surface area is 396 Å². The first-order valence-electron chi connectivity index (χ1n) is 27.3. The average molecular weight is 895 g/mol. The molecule has 0 spiro atoms. The second kappa shape index (κ2) is 52.7.